The van der Waals surface area contributed by atoms with Crippen molar-refractivity contribution in [3.63, 3.8) is 0 Å². The standard InChI is InChI=1S/C20H32N4O4/c1-5-22(6-2)19(15(3)4)14-21-20(25)16-7-8-17(18(13-16)24(26)27)23-9-11-28-12-10-23/h7-8,13,15,19H,5-6,9-12,14H2,1-4H3,(H,21,25). The maximum Gasteiger partial charge on any atom is 0.293 e. The Morgan fingerprint density at radius 1 is 1.29 bits per heavy atom. The third-order valence-corrected chi connectivity index (χ3v) is 5.31. The van der Waals surface area contributed by atoms with Gasteiger partial charge in [-0.2, -0.15) is 0 Å². The zero-order chi connectivity index (χ0) is 20.7. The van der Waals surface area contributed by atoms with E-state index in [1.165, 1.54) is 6.07 Å². The van der Waals surface area contributed by atoms with Gasteiger partial charge in [-0.15, -0.1) is 0 Å². The lowest BCUT2D eigenvalue weighted by Crippen LogP contribution is -2.46. The molecule has 1 aromatic rings. The number of nitro groups is 1. The van der Waals surface area contributed by atoms with Gasteiger partial charge in [-0.3, -0.25) is 19.8 Å². The highest BCUT2D eigenvalue weighted by Gasteiger charge is 2.24. The van der Waals surface area contributed by atoms with Crippen LogP contribution in [0.4, 0.5) is 11.4 Å². The molecule has 0 spiro atoms. The van der Waals surface area contributed by atoms with Gasteiger partial charge in [0.25, 0.3) is 11.6 Å². The van der Waals surface area contributed by atoms with Gasteiger partial charge in [0.15, 0.2) is 0 Å². The second-order valence-corrected chi connectivity index (χ2v) is 7.30. The molecule has 1 heterocycles. The van der Waals surface area contributed by atoms with Gasteiger partial charge in [-0.25, -0.2) is 0 Å². The van der Waals surface area contributed by atoms with Crippen molar-refractivity contribution in [2.45, 2.75) is 33.7 Å². The number of carbonyl (C=O) groups is 1. The summed E-state index contributed by atoms with van der Waals surface area (Å²) in [6, 6.07) is 4.93. The molecule has 0 aliphatic carbocycles. The molecule has 156 valence electrons. The van der Waals surface area contributed by atoms with Crippen molar-refractivity contribution in [1.82, 2.24) is 10.2 Å². The normalized spacial score (nSPS) is 15.7. The lowest BCUT2D eigenvalue weighted by atomic mass is 10.0. The summed E-state index contributed by atoms with van der Waals surface area (Å²) in [4.78, 5) is 28.0. The number of hydrogen-bond donors (Lipinski definition) is 1. The van der Waals surface area contributed by atoms with Crippen LogP contribution in [0.15, 0.2) is 18.2 Å². The zero-order valence-electron chi connectivity index (χ0n) is 17.3. The number of nitro benzene ring substituents is 1. The van der Waals surface area contributed by atoms with E-state index >= 15 is 0 Å². The van der Waals surface area contributed by atoms with Crippen LogP contribution in [0.1, 0.15) is 38.1 Å². The molecule has 1 amide bonds. The summed E-state index contributed by atoms with van der Waals surface area (Å²) in [7, 11) is 0. The molecule has 2 rings (SSSR count). The number of morpholine rings is 1. The minimum Gasteiger partial charge on any atom is -0.378 e. The van der Waals surface area contributed by atoms with E-state index in [0.717, 1.165) is 13.1 Å². The van der Waals surface area contributed by atoms with E-state index in [9.17, 15) is 14.9 Å². The van der Waals surface area contributed by atoms with Crippen LogP contribution in [-0.4, -0.2) is 67.7 Å². The number of hydrogen-bond acceptors (Lipinski definition) is 6. The number of likely N-dealkylation sites (N-methyl/N-ethyl adjacent to an activating group) is 1. The lowest BCUT2D eigenvalue weighted by molar-refractivity contribution is -0.384. The van der Waals surface area contributed by atoms with E-state index in [2.05, 4.69) is 37.9 Å². The summed E-state index contributed by atoms with van der Waals surface area (Å²) >= 11 is 0. The first kappa shape index (κ1) is 22.1. The van der Waals surface area contributed by atoms with Gasteiger partial charge in [-0.1, -0.05) is 27.7 Å². The van der Waals surface area contributed by atoms with Gasteiger partial charge >= 0.3 is 0 Å². The van der Waals surface area contributed by atoms with Crippen LogP contribution in [0.3, 0.4) is 0 Å². The summed E-state index contributed by atoms with van der Waals surface area (Å²) in [6.45, 7) is 13.1. The first-order valence-electron chi connectivity index (χ1n) is 10.0. The molecular formula is C20H32N4O4. The Bertz CT molecular complexity index is 670. The minimum atomic E-state index is -0.422. The molecule has 0 radical (unpaired) electrons. The van der Waals surface area contributed by atoms with Gasteiger partial charge < -0.3 is 15.0 Å². The predicted molar refractivity (Wildman–Crippen MR) is 110 cm³/mol. The first-order valence-corrected chi connectivity index (χ1v) is 10.0. The number of carbonyl (C=O) groups excluding carboxylic acids is 1. The fourth-order valence-corrected chi connectivity index (χ4v) is 3.66. The topological polar surface area (TPSA) is 88.0 Å². The highest BCUT2D eigenvalue weighted by atomic mass is 16.6. The summed E-state index contributed by atoms with van der Waals surface area (Å²) < 4.78 is 5.32. The quantitative estimate of drug-likeness (QED) is 0.513. The number of anilines is 1. The molecule has 1 aliphatic heterocycles. The van der Waals surface area contributed by atoms with E-state index in [-0.39, 0.29) is 17.6 Å². The van der Waals surface area contributed by atoms with Gasteiger partial charge in [-0.05, 0) is 31.1 Å². The van der Waals surface area contributed by atoms with Crippen molar-refractivity contribution in [1.29, 1.82) is 0 Å². The predicted octanol–water partition coefficient (Wildman–Crippen LogP) is 2.53. The van der Waals surface area contributed by atoms with Gasteiger partial charge in [0, 0.05) is 37.3 Å². The van der Waals surface area contributed by atoms with Crippen molar-refractivity contribution in [3.8, 4) is 0 Å². The Balaban J connectivity index is 2.14. The Hall–Kier alpha value is -2.19. The maximum atomic E-state index is 12.6. The van der Waals surface area contributed by atoms with Crippen LogP contribution < -0.4 is 10.2 Å². The van der Waals surface area contributed by atoms with Gasteiger partial charge in [0.2, 0.25) is 0 Å². The molecule has 0 saturated carbocycles. The fraction of sp³-hybridized carbons (Fsp3) is 0.650. The van der Waals surface area contributed by atoms with Crippen LogP contribution in [0, 0.1) is 16.0 Å². The summed E-state index contributed by atoms with van der Waals surface area (Å²) in [5.41, 5.74) is 0.803. The number of nitrogens with one attached hydrogen (secondary N) is 1. The molecular weight excluding hydrogens is 360 g/mol. The monoisotopic (exact) mass is 392 g/mol. The van der Waals surface area contributed by atoms with Crippen LogP contribution in [0.2, 0.25) is 0 Å². The molecule has 1 atom stereocenters. The van der Waals surface area contributed by atoms with Crippen LogP contribution in [-0.2, 0) is 4.74 Å². The lowest BCUT2D eigenvalue weighted by Gasteiger charge is -2.32. The Kier molecular flexibility index (Phi) is 8.19. The van der Waals surface area contributed by atoms with E-state index in [1.807, 2.05) is 4.90 Å². The van der Waals surface area contributed by atoms with Crippen LogP contribution in [0.5, 0.6) is 0 Å². The van der Waals surface area contributed by atoms with Crippen LogP contribution in [0.25, 0.3) is 0 Å². The second kappa shape index (κ2) is 10.4. The third kappa shape index (κ3) is 5.42. The molecule has 1 fully saturated rings. The Morgan fingerprint density at radius 3 is 2.46 bits per heavy atom. The van der Waals surface area contributed by atoms with Crippen molar-refractivity contribution < 1.29 is 14.5 Å². The Labute approximate surface area is 167 Å². The van der Waals surface area contributed by atoms with Crippen LogP contribution >= 0.6 is 0 Å². The van der Waals surface area contributed by atoms with Crippen molar-refractivity contribution >= 4 is 17.3 Å². The number of ether oxygens (including phenoxy) is 1. The molecule has 0 bridgehead atoms. The Morgan fingerprint density at radius 2 is 1.93 bits per heavy atom. The molecule has 1 aromatic carbocycles. The zero-order valence-corrected chi connectivity index (χ0v) is 17.3. The molecule has 8 heteroatoms. The average Bonchev–Trinajstić information content (AvgIpc) is 2.70. The molecule has 1 N–H and O–H groups in total. The SMILES string of the molecule is CCN(CC)C(CNC(=O)c1ccc(N2CCOCC2)c([N+](=O)[O-])c1)C(C)C. The molecule has 1 unspecified atom stereocenters. The number of benzene rings is 1. The molecule has 0 aromatic heterocycles. The third-order valence-electron chi connectivity index (χ3n) is 5.31. The second-order valence-electron chi connectivity index (χ2n) is 7.30. The van der Waals surface area contributed by atoms with Crippen molar-refractivity contribution in [2.75, 3.05) is 50.8 Å². The molecule has 8 nitrogen and oxygen atoms in total. The molecule has 1 aliphatic rings. The van der Waals surface area contributed by atoms with E-state index in [4.69, 9.17) is 4.74 Å². The van der Waals surface area contributed by atoms with Crippen molar-refractivity contribution in [2.24, 2.45) is 5.92 Å². The average molecular weight is 393 g/mol. The first-order chi connectivity index (χ1) is 13.4. The van der Waals surface area contributed by atoms with E-state index in [0.29, 0.717) is 50.0 Å². The number of amides is 1. The van der Waals surface area contributed by atoms with Crippen molar-refractivity contribution in [3.05, 3.63) is 33.9 Å². The smallest absolute Gasteiger partial charge is 0.293 e. The van der Waals surface area contributed by atoms with E-state index < -0.39 is 4.92 Å². The highest BCUT2D eigenvalue weighted by molar-refractivity contribution is 5.95. The highest BCUT2D eigenvalue weighted by Crippen LogP contribution is 2.30. The fourth-order valence-electron chi connectivity index (χ4n) is 3.66. The maximum absolute atomic E-state index is 12.6. The summed E-state index contributed by atoms with van der Waals surface area (Å²) in [5, 5.41) is 14.5. The molecule has 28 heavy (non-hydrogen) atoms. The van der Waals surface area contributed by atoms with E-state index in [1.54, 1.807) is 12.1 Å². The largest absolute Gasteiger partial charge is 0.378 e. The van der Waals surface area contributed by atoms with Gasteiger partial charge in [0.05, 0.1) is 18.1 Å². The van der Waals surface area contributed by atoms with Gasteiger partial charge in [0.1, 0.15) is 5.69 Å². The molecule has 1 saturated heterocycles. The minimum absolute atomic E-state index is 0.0429. The number of rotatable bonds is 9. The number of nitrogens with zero attached hydrogens (tertiary/aromatic N) is 3. The summed E-state index contributed by atoms with van der Waals surface area (Å²) in [6.07, 6.45) is 0. The summed E-state index contributed by atoms with van der Waals surface area (Å²) in [5.74, 6) is 0.104.